The van der Waals surface area contributed by atoms with Crippen LogP contribution in [0, 0.1) is 3.57 Å². The molecular weight excluding hydrogens is 311 g/mol. The third-order valence-electron chi connectivity index (χ3n) is 2.28. The molecule has 0 N–H and O–H groups in total. The molecule has 0 saturated carbocycles. The third kappa shape index (κ3) is 2.15. The lowest BCUT2D eigenvalue weighted by Crippen LogP contribution is -2.27. The quantitative estimate of drug-likeness (QED) is 0.767. The van der Waals surface area contributed by atoms with E-state index in [2.05, 4.69) is 27.6 Å². The van der Waals surface area contributed by atoms with E-state index in [0.717, 1.165) is 16.4 Å². The first-order valence-electron chi connectivity index (χ1n) is 4.66. The van der Waals surface area contributed by atoms with Crippen molar-refractivity contribution >= 4 is 22.6 Å². The monoisotopic (exact) mass is 322 g/mol. The second kappa shape index (κ2) is 4.48. The zero-order valence-electron chi connectivity index (χ0n) is 8.27. The lowest BCUT2D eigenvalue weighted by atomic mass is 10.3. The summed E-state index contributed by atoms with van der Waals surface area (Å²) in [6, 6.07) is 0. The average Bonchev–Trinajstić information content (AvgIpc) is 2.74. The van der Waals surface area contributed by atoms with Gasteiger partial charge in [0.15, 0.2) is 0 Å². The highest BCUT2D eigenvalue weighted by atomic mass is 127. The molecule has 1 fully saturated rings. The molecule has 1 aromatic rings. The fraction of sp³-hybridized carbons (Fsp3) is 0.556. The van der Waals surface area contributed by atoms with Crippen LogP contribution in [0.2, 0.25) is 0 Å². The van der Waals surface area contributed by atoms with Gasteiger partial charge in [0.1, 0.15) is 6.23 Å². The summed E-state index contributed by atoms with van der Waals surface area (Å²) in [6.07, 6.45) is 3.42. The maximum atomic E-state index is 11.6. The van der Waals surface area contributed by atoms with E-state index >= 15 is 0 Å². The Morgan fingerprint density at radius 2 is 2.53 bits per heavy atom. The van der Waals surface area contributed by atoms with Crippen LogP contribution >= 0.6 is 22.6 Å². The number of rotatable bonds is 2. The summed E-state index contributed by atoms with van der Waals surface area (Å²) in [7, 11) is 1.50. The Kier molecular flexibility index (Phi) is 3.25. The molecule has 6 heteroatoms. The lowest BCUT2D eigenvalue weighted by Gasteiger charge is -2.13. The average molecular weight is 322 g/mol. The highest BCUT2D eigenvalue weighted by molar-refractivity contribution is 14.1. The first-order chi connectivity index (χ1) is 7.22. The molecule has 1 aliphatic heterocycles. The normalized spacial score (nSPS) is 20.5. The van der Waals surface area contributed by atoms with Crippen molar-refractivity contribution in [2.45, 2.75) is 19.1 Å². The van der Waals surface area contributed by atoms with E-state index in [1.807, 2.05) is 0 Å². The van der Waals surface area contributed by atoms with Crippen molar-refractivity contribution in [1.82, 2.24) is 9.55 Å². The lowest BCUT2D eigenvalue weighted by molar-refractivity contribution is 0.0522. The number of methoxy groups -OCH3 is 1. The van der Waals surface area contributed by atoms with Gasteiger partial charge in [0, 0.05) is 12.8 Å². The van der Waals surface area contributed by atoms with Crippen molar-refractivity contribution in [3.63, 3.8) is 0 Å². The summed E-state index contributed by atoms with van der Waals surface area (Å²) in [5, 5.41) is 0. The number of nitrogens with zero attached hydrogens (tertiary/aromatic N) is 2. The van der Waals surface area contributed by atoms with E-state index in [-0.39, 0.29) is 11.9 Å². The van der Waals surface area contributed by atoms with E-state index in [0.29, 0.717) is 12.5 Å². The van der Waals surface area contributed by atoms with E-state index in [4.69, 9.17) is 9.47 Å². The van der Waals surface area contributed by atoms with Crippen LogP contribution in [0.1, 0.15) is 19.1 Å². The topological polar surface area (TPSA) is 53.3 Å². The maximum Gasteiger partial charge on any atom is 0.353 e. The SMILES string of the molecule is COc1nc(=O)n(C2CCCO2)cc1I. The molecule has 0 aliphatic carbocycles. The molecule has 0 bridgehead atoms. The Morgan fingerprint density at radius 1 is 1.73 bits per heavy atom. The molecule has 15 heavy (non-hydrogen) atoms. The predicted octanol–water partition coefficient (Wildman–Crippen LogP) is 1.17. The van der Waals surface area contributed by atoms with Gasteiger partial charge >= 0.3 is 5.69 Å². The fourth-order valence-electron chi connectivity index (χ4n) is 1.56. The van der Waals surface area contributed by atoms with E-state index in [9.17, 15) is 4.79 Å². The van der Waals surface area contributed by atoms with Crippen LogP contribution < -0.4 is 10.4 Å². The molecule has 1 aliphatic rings. The minimum Gasteiger partial charge on any atom is -0.480 e. The van der Waals surface area contributed by atoms with Crippen LogP contribution in [-0.2, 0) is 4.74 Å². The van der Waals surface area contributed by atoms with Gasteiger partial charge in [-0.15, -0.1) is 0 Å². The number of hydrogen-bond donors (Lipinski definition) is 0. The van der Waals surface area contributed by atoms with Crippen LogP contribution in [0.25, 0.3) is 0 Å². The summed E-state index contributed by atoms with van der Waals surface area (Å²) in [5.41, 5.74) is -0.320. The molecular formula is C9H11IN2O3. The number of hydrogen-bond acceptors (Lipinski definition) is 4. The highest BCUT2D eigenvalue weighted by Gasteiger charge is 2.20. The highest BCUT2D eigenvalue weighted by Crippen LogP contribution is 2.23. The van der Waals surface area contributed by atoms with Gasteiger partial charge in [-0.1, -0.05) is 0 Å². The zero-order chi connectivity index (χ0) is 10.8. The van der Waals surface area contributed by atoms with E-state index < -0.39 is 0 Å². The maximum absolute atomic E-state index is 11.6. The predicted molar refractivity (Wildman–Crippen MR) is 62.0 cm³/mol. The van der Waals surface area contributed by atoms with Crippen LogP contribution in [0.4, 0.5) is 0 Å². The van der Waals surface area contributed by atoms with Gasteiger partial charge < -0.3 is 9.47 Å². The summed E-state index contributed by atoms with van der Waals surface area (Å²) in [4.78, 5) is 15.5. The van der Waals surface area contributed by atoms with Gasteiger partial charge in [0.2, 0.25) is 5.88 Å². The largest absolute Gasteiger partial charge is 0.480 e. The van der Waals surface area contributed by atoms with Gasteiger partial charge in [-0.05, 0) is 35.4 Å². The minimum absolute atomic E-state index is 0.163. The summed E-state index contributed by atoms with van der Waals surface area (Å²) < 4.78 is 12.7. The summed E-state index contributed by atoms with van der Waals surface area (Å²) in [5.74, 6) is 0.370. The van der Waals surface area contributed by atoms with Gasteiger partial charge in [0.25, 0.3) is 0 Å². The number of aromatic nitrogens is 2. The number of ether oxygens (including phenoxy) is 2. The van der Waals surface area contributed by atoms with Gasteiger partial charge in [-0.25, -0.2) is 4.79 Å². The van der Waals surface area contributed by atoms with Crippen molar-refractivity contribution in [3.05, 3.63) is 20.3 Å². The zero-order valence-corrected chi connectivity index (χ0v) is 10.4. The molecule has 0 spiro atoms. The number of halogens is 1. The molecule has 1 aromatic heterocycles. The summed E-state index contributed by atoms with van der Waals surface area (Å²) >= 11 is 2.09. The van der Waals surface area contributed by atoms with Crippen molar-refractivity contribution < 1.29 is 9.47 Å². The standard InChI is InChI=1S/C9H11IN2O3/c1-14-8-6(10)5-12(9(13)11-8)7-3-2-4-15-7/h5,7H,2-4H2,1H3. The van der Waals surface area contributed by atoms with Crippen LogP contribution in [0.15, 0.2) is 11.0 Å². The van der Waals surface area contributed by atoms with E-state index in [1.54, 1.807) is 6.20 Å². The van der Waals surface area contributed by atoms with Crippen molar-refractivity contribution in [1.29, 1.82) is 0 Å². The molecule has 2 rings (SSSR count). The first-order valence-corrected chi connectivity index (χ1v) is 5.74. The Bertz CT molecular complexity index is 412. The summed E-state index contributed by atoms with van der Waals surface area (Å²) in [6.45, 7) is 0.708. The molecule has 1 atom stereocenters. The molecule has 0 amide bonds. The molecule has 0 aromatic carbocycles. The Hall–Kier alpha value is -0.630. The van der Waals surface area contributed by atoms with Crippen molar-refractivity contribution in [2.24, 2.45) is 0 Å². The van der Waals surface area contributed by atoms with Gasteiger partial charge in [0.05, 0.1) is 10.7 Å². The third-order valence-corrected chi connectivity index (χ3v) is 3.02. The van der Waals surface area contributed by atoms with Crippen molar-refractivity contribution in [2.75, 3.05) is 13.7 Å². The van der Waals surface area contributed by atoms with Gasteiger partial charge in [-0.2, -0.15) is 4.98 Å². The Labute approximate surface area is 101 Å². The van der Waals surface area contributed by atoms with Crippen molar-refractivity contribution in [3.8, 4) is 5.88 Å². The Balaban J connectivity index is 2.40. The smallest absolute Gasteiger partial charge is 0.353 e. The molecule has 1 saturated heterocycles. The molecule has 1 unspecified atom stereocenters. The second-order valence-electron chi connectivity index (χ2n) is 3.26. The molecule has 2 heterocycles. The fourth-order valence-corrected chi connectivity index (χ4v) is 2.20. The molecule has 82 valence electrons. The molecule has 0 radical (unpaired) electrons. The second-order valence-corrected chi connectivity index (χ2v) is 4.42. The van der Waals surface area contributed by atoms with Crippen LogP contribution in [-0.4, -0.2) is 23.3 Å². The first kappa shape index (κ1) is 10.9. The minimum atomic E-state index is -0.320. The van der Waals surface area contributed by atoms with Crippen LogP contribution in [0.3, 0.4) is 0 Å². The Morgan fingerprint density at radius 3 is 3.13 bits per heavy atom. The van der Waals surface area contributed by atoms with E-state index in [1.165, 1.54) is 11.7 Å². The van der Waals surface area contributed by atoms with Crippen LogP contribution in [0.5, 0.6) is 5.88 Å². The molecule has 5 nitrogen and oxygen atoms in total. The van der Waals surface area contributed by atoms with Gasteiger partial charge in [-0.3, -0.25) is 4.57 Å².